The molecule has 0 spiro atoms. The van der Waals surface area contributed by atoms with Crippen LogP contribution < -0.4 is 4.74 Å². The van der Waals surface area contributed by atoms with Crippen LogP contribution in [0, 0.1) is 17.8 Å². The highest BCUT2D eigenvalue weighted by Gasteiger charge is 2.51. The van der Waals surface area contributed by atoms with E-state index < -0.39 is 29.8 Å². The maximum atomic E-state index is 13.5. The van der Waals surface area contributed by atoms with Crippen molar-refractivity contribution < 1.29 is 28.2 Å². The molecule has 0 amide bonds. The largest absolute Gasteiger partial charge is 0.493 e. The van der Waals surface area contributed by atoms with E-state index in [4.69, 9.17) is 4.74 Å². The van der Waals surface area contributed by atoms with Gasteiger partial charge in [-0.15, -0.1) is 0 Å². The standard InChI is InChI=1S/C18H26F2O4/c1-11(2)10-24-14-8-6-13(7-9-14)18(22,12(3)4)15(16(19)20)17(21)23-5/h6-9,11-12,15-16,22H,10H2,1-5H3. The van der Waals surface area contributed by atoms with Gasteiger partial charge < -0.3 is 14.6 Å². The van der Waals surface area contributed by atoms with Gasteiger partial charge in [0.05, 0.1) is 13.7 Å². The minimum absolute atomic E-state index is 0.227. The molecule has 6 heteroatoms. The Labute approximate surface area is 141 Å². The summed E-state index contributed by atoms with van der Waals surface area (Å²) in [5, 5.41) is 11.0. The molecule has 0 bridgehead atoms. The number of hydrogen-bond donors (Lipinski definition) is 1. The van der Waals surface area contributed by atoms with Crippen molar-refractivity contribution in [2.24, 2.45) is 17.8 Å². The third-order valence-electron chi connectivity index (χ3n) is 3.96. The van der Waals surface area contributed by atoms with Gasteiger partial charge in [-0.05, 0) is 29.5 Å². The summed E-state index contributed by atoms with van der Waals surface area (Å²) in [5.74, 6) is -2.81. The van der Waals surface area contributed by atoms with Gasteiger partial charge in [-0.2, -0.15) is 0 Å². The van der Waals surface area contributed by atoms with Gasteiger partial charge in [0.2, 0.25) is 0 Å². The fraction of sp³-hybridized carbons (Fsp3) is 0.611. The molecule has 0 saturated heterocycles. The maximum Gasteiger partial charge on any atom is 0.317 e. The van der Waals surface area contributed by atoms with Crippen molar-refractivity contribution in [2.75, 3.05) is 13.7 Å². The molecule has 1 aromatic rings. The number of methoxy groups -OCH3 is 1. The Hall–Kier alpha value is -1.69. The lowest BCUT2D eigenvalue weighted by Crippen LogP contribution is -2.48. The molecule has 0 saturated carbocycles. The summed E-state index contributed by atoms with van der Waals surface area (Å²) in [6.45, 7) is 7.71. The lowest BCUT2D eigenvalue weighted by Gasteiger charge is -2.38. The van der Waals surface area contributed by atoms with E-state index in [-0.39, 0.29) is 5.56 Å². The van der Waals surface area contributed by atoms with Crippen molar-refractivity contribution in [3.05, 3.63) is 29.8 Å². The highest BCUT2D eigenvalue weighted by atomic mass is 19.3. The summed E-state index contributed by atoms with van der Waals surface area (Å²) < 4.78 is 37.0. The molecule has 2 atom stereocenters. The van der Waals surface area contributed by atoms with E-state index in [2.05, 4.69) is 4.74 Å². The number of benzene rings is 1. The SMILES string of the molecule is COC(=O)C(C(F)F)C(O)(c1ccc(OCC(C)C)cc1)C(C)C. The van der Waals surface area contributed by atoms with Gasteiger partial charge in [0.25, 0.3) is 6.43 Å². The molecule has 0 radical (unpaired) electrons. The quantitative estimate of drug-likeness (QED) is 0.732. The number of rotatable bonds is 8. The van der Waals surface area contributed by atoms with Crippen molar-refractivity contribution in [1.29, 1.82) is 0 Å². The van der Waals surface area contributed by atoms with Gasteiger partial charge in [0.1, 0.15) is 11.4 Å². The number of alkyl halides is 2. The van der Waals surface area contributed by atoms with Crippen LogP contribution >= 0.6 is 0 Å². The second-order valence-electron chi connectivity index (χ2n) is 6.54. The number of carbonyl (C=O) groups excluding carboxylic acids is 1. The van der Waals surface area contributed by atoms with E-state index in [1.807, 2.05) is 13.8 Å². The third kappa shape index (κ3) is 4.44. The van der Waals surface area contributed by atoms with Crippen LogP contribution in [0.4, 0.5) is 8.78 Å². The van der Waals surface area contributed by atoms with E-state index in [0.29, 0.717) is 18.3 Å². The molecule has 2 unspecified atom stereocenters. The van der Waals surface area contributed by atoms with Crippen molar-refractivity contribution in [1.82, 2.24) is 0 Å². The zero-order valence-corrected chi connectivity index (χ0v) is 14.8. The predicted molar refractivity (Wildman–Crippen MR) is 87.0 cm³/mol. The molecular formula is C18H26F2O4. The van der Waals surface area contributed by atoms with Gasteiger partial charge >= 0.3 is 5.97 Å². The van der Waals surface area contributed by atoms with E-state index in [0.717, 1.165) is 7.11 Å². The van der Waals surface area contributed by atoms with Crippen LogP contribution in [0.3, 0.4) is 0 Å². The van der Waals surface area contributed by atoms with Crippen LogP contribution in [0.1, 0.15) is 33.3 Å². The normalized spacial score (nSPS) is 15.5. The van der Waals surface area contributed by atoms with E-state index in [1.165, 1.54) is 12.1 Å². The van der Waals surface area contributed by atoms with Crippen LogP contribution in [0.5, 0.6) is 5.75 Å². The van der Waals surface area contributed by atoms with Crippen molar-refractivity contribution in [2.45, 2.75) is 39.7 Å². The Morgan fingerprint density at radius 1 is 1.17 bits per heavy atom. The monoisotopic (exact) mass is 344 g/mol. The number of aliphatic hydroxyl groups is 1. The molecule has 136 valence electrons. The summed E-state index contributed by atoms with van der Waals surface area (Å²) in [7, 11) is 1.03. The smallest absolute Gasteiger partial charge is 0.317 e. The number of carbonyl (C=O) groups is 1. The molecule has 1 N–H and O–H groups in total. The number of hydrogen-bond acceptors (Lipinski definition) is 4. The first-order chi connectivity index (χ1) is 11.1. The molecule has 4 nitrogen and oxygen atoms in total. The minimum atomic E-state index is -3.05. The predicted octanol–water partition coefficient (Wildman–Crippen LogP) is 3.62. The topological polar surface area (TPSA) is 55.8 Å². The molecule has 0 aliphatic carbocycles. The van der Waals surface area contributed by atoms with Crippen molar-refractivity contribution >= 4 is 5.97 Å². The van der Waals surface area contributed by atoms with Crippen LogP contribution in [0.2, 0.25) is 0 Å². The zero-order chi connectivity index (χ0) is 18.5. The first-order valence-corrected chi connectivity index (χ1v) is 7.96. The van der Waals surface area contributed by atoms with Crippen molar-refractivity contribution in [3.63, 3.8) is 0 Å². The lowest BCUT2D eigenvalue weighted by molar-refractivity contribution is -0.176. The van der Waals surface area contributed by atoms with Gasteiger partial charge in [-0.25, -0.2) is 8.78 Å². The number of esters is 1. The second-order valence-corrected chi connectivity index (χ2v) is 6.54. The Bertz CT molecular complexity index is 528. The molecule has 24 heavy (non-hydrogen) atoms. The van der Waals surface area contributed by atoms with Gasteiger partial charge in [0, 0.05) is 0 Å². The Morgan fingerprint density at radius 3 is 2.08 bits per heavy atom. The molecule has 0 fully saturated rings. The highest BCUT2D eigenvalue weighted by molar-refractivity contribution is 5.74. The third-order valence-corrected chi connectivity index (χ3v) is 3.96. The highest BCUT2D eigenvalue weighted by Crippen LogP contribution is 2.41. The Kier molecular flexibility index (Phi) is 7.14. The van der Waals surface area contributed by atoms with Gasteiger partial charge in [-0.1, -0.05) is 39.8 Å². The summed E-state index contributed by atoms with van der Waals surface area (Å²) >= 11 is 0. The maximum absolute atomic E-state index is 13.5. The lowest BCUT2D eigenvalue weighted by atomic mass is 9.73. The van der Waals surface area contributed by atoms with Crippen molar-refractivity contribution in [3.8, 4) is 5.75 Å². The second kappa shape index (κ2) is 8.42. The van der Waals surface area contributed by atoms with Crippen LogP contribution in [-0.4, -0.2) is 31.2 Å². The van der Waals surface area contributed by atoms with Crippen LogP contribution in [0.15, 0.2) is 24.3 Å². The first-order valence-electron chi connectivity index (χ1n) is 7.96. The molecule has 0 heterocycles. The molecule has 1 rings (SSSR count). The molecule has 1 aromatic carbocycles. The average molecular weight is 344 g/mol. The van der Waals surface area contributed by atoms with Crippen LogP contribution in [0.25, 0.3) is 0 Å². The molecular weight excluding hydrogens is 318 g/mol. The molecule has 0 aliphatic rings. The summed E-state index contributed by atoms with van der Waals surface area (Å²) in [4.78, 5) is 11.8. The summed E-state index contributed by atoms with van der Waals surface area (Å²) in [6, 6.07) is 6.22. The van der Waals surface area contributed by atoms with Gasteiger partial charge in [0.15, 0.2) is 5.92 Å². The summed E-state index contributed by atoms with van der Waals surface area (Å²) in [5.41, 5.74) is -1.82. The molecule has 0 aromatic heterocycles. The average Bonchev–Trinajstić information content (AvgIpc) is 2.52. The number of halogens is 2. The summed E-state index contributed by atoms with van der Waals surface area (Å²) in [6.07, 6.45) is -3.05. The Balaban J connectivity index is 3.20. The minimum Gasteiger partial charge on any atom is -0.493 e. The Morgan fingerprint density at radius 2 is 1.71 bits per heavy atom. The first kappa shape index (κ1) is 20.4. The fourth-order valence-corrected chi connectivity index (χ4v) is 2.55. The van der Waals surface area contributed by atoms with Gasteiger partial charge in [-0.3, -0.25) is 4.79 Å². The number of ether oxygens (including phenoxy) is 2. The fourth-order valence-electron chi connectivity index (χ4n) is 2.55. The zero-order valence-electron chi connectivity index (χ0n) is 14.8. The molecule has 0 aliphatic heterocycles. The van der Waals surface area contributed by atoms with E-state index in [1.54, 1.807) is 26.0 Å². The van der Waals surface area contributed by atoms with E-state index in [9.17, 15) is 18.7 Å². The van der Waals surface area contributed by atoms with E-state index >= 15 is 0 Å². The van der Waals surface area contributed by atoms with Crippen LogP contribution in [-0.2, 0) is 15.1 Å².